The molecule has 2 aromatic heterocycles. The summed E-state index contributed by atoms with van der Waals surface area (Å²) in [7, 11) is 3.47. The Morgan fingerprint density at radius 1 is 1.43 bits per heavy atom. The van der Waals surface area contributed by atoms with E-state index in [1.807, 2.05) is 39.3 Å². The van der Waals surface area contributed by atoms with Gasteiger partial charge in [0.25, 0.3) is 0 Å². The smallest absolute Gasteiger partial charge is 0.415 e. The normalized spacial score (nSPS) is 11.7. The predicted octanol–water partition coefficient (Wildman–Crippen LogP) is 2.23. The largest absolute Gasteiger partial charge is 0.443 e. The van der Waals surface area contributed by atoms with Gasteiger partial charge in [-0.05, 0) is 27.7 Å². The van der Waals surface area contributed by atoms with Gasteiger partial charge in [-0.15, -0.1) is 0 Å². The van der Waals surface area contributed by atoms with Crippen LogP contribution in [0.25, 0.3) is 11.0 Å². The van der Waals surface area contributed by atoms with Crippen molar-refractivity contribution < 1.29 is 9.53 Å². The molecule has 0 aliphatic rings. The SMILES string of the molecule is Cc1c(N)nc(N(C)C(=O)OC(C)(C)C)c2ncn(C)c12. The van der Waals surface area contributed by atoms with Gasteiger partial charge in [0.15, 0.2) is 5.82 Å². The maximum atomic E-state index is 12.2. The highest BCUT2D eigenvalue weighted by molar-refractivity contribution is 5.98. The van der Waals surface area contributed by atoms with Crippen molar-refractivity contribution in [2.75, 3.05) is 17.7 Å². The first kappa shape index (κ1) is 15.1. The van der Waals surface area contributed by atoms with Crippen LogP contribution in [-0.2, 0) is 11.8 Å². The number of nitrogens with two attached hydrogens (primary N) is 1. The molecule has 0 saturated carbocycles. The summed E-state index contributed by atoms with van der Waals surface area (Å²) in [6.07, 6.45) is 1.18. The van der Waals surface area contributed by atoms with Crippen LogP contribution in [0.4, 0.5) is 16.4 Å². The Hall–Kier alpha value is -2.31. The van der Waals surface area contributed by atoms with E-state index in [9.17, 15) is 4.79 Å². The van der Waals surface area contributed by atoms with E-state index in [1.165, 1.54) is 4.90 Å². The highest BCUT2D eigenvalue weighted by Crippen LogP contribution is 2.29. The number of ether oxygens (including phenoxy) is 1. The number of nitrogen functional groups attached to an aromatic ring is 1. The molecule has 2 N–H and O–H groups in total. The van der Waals surface area contributed by atoms with E-state index in [1.54, 1.807) is 13.4 Å². The number of rotatable bonds is 1. The standard InChI is InChI=1S/C14H21N5O2/c1-8-10-9(16-7-18(10)5)12(17-11(8)15)19(6)13(20)21-14(2,3)4/h7H,1-6H3,(H2,15,17). The van der Waals surface area contributed by atoms with Crippen LogP contribution in [0.2, 0.25) is 0 Å². The molecule has 2 aromatic rings. The molecule has 0 atom stereocenters. The summed E-state index contributed by atoms with van der Waals surface area (Å²) in [5.74, 6) is 0.763. The molecule has 1 amide bonds. The number of anilines is 2. The van der Waals surface area contributed by atoms with Crippen molar-refractivity contribution in [3.63, 3.8) is 0 Å². The molecule has 0 saturated heterocycles. The van der Waals surface area contributed by atoms with Crippen molar-refractivity contribution in [1.82, 2.24) is 14.5 Å². The second-order valence-corrected chi connectivity index (χ2v) is 6.04. The van der Waals surface area contributed by atoms with Crippen LogP contribution in [0.5, 0.6) is 0 Å². The zero-order valence-corrected chi connectivity index (χ0v) is 13.3. The number of aryl methyl sites for hydroxylation is 2. The van der Waals surface area contributed by atoms with E-state index in [0.717, 1.165) is 11.1 Å². The lowest BCUT2D eigenvalue weighted by molar-refractivity contribution is 0.0588. The van der Waals surface area contributed by atoms with Gasteiger partial charge in [-0.1, -0.05) is 0 Å². The molecule has 21 heavy (non-hydrogen) atoms. The van der Waals surface area contributed by atoms with Gasteiger partial charge in [0.1, 0.15) is 16.9 Å². The van der Waals surface area contributed by atoms with Gasteiger partial charge in [-0.2, -0.15) is 0 Å². The number of pyridine rings is 1. The first-order valence-corrected chi connectivity index (χ1v) is 6.65. The highest BCUT2D eigenvalue weighted by Gasteiger charge is 2.25. The van der Waals surface area contributed by atoms with Crippen molar-refractivity contribution in [2.45, 2.75) is 33.3 Å². The topological polar surface area (TPSA) is 86.3 Å². The van der Waals surface area contributed by atoms with Crippen molar-refractivity contribution in [3.05, 3.63) is 11.9 Å². The van der Waals surface area contributed by atoms with Gasteiger partial charge in [-0.25, -0.2) is 14.8 Å². The minimum absolute atomic E-state index is 0.372. The second kappa shape index (κ2) is 4.91. The Balaban J connectivity index is 2.52. The van der Waals surface area contributed by atoms with Crippen LogP contribution in [-0.4, -0.2) is 33.3 Å². The summed E-state index contributed by atoms with van der Waals surface area (Å²) in [6, 6.07) is 0. The van der Waals surface area contributed by atoms with Gasteiger partial charge < -0.3 is 15.0 Å². The summed E-state index contributed by atoms with van der Waals surface area (Å²) in [4.78, 5) is 22.1. The molecule has 0 aliphatic carbocycles. The fraction of sp³-hybridized carbons (Fsp3) is 0.500. The van der Waals surface area contributed by atoms with E-state index in [4.69, 9.17) is 10.5 Å². The summed E-state index contributed by atoms with van der Waals surface area (Å²) in [6.45, 7) is 7.31. The van der Waals surface area contributed by atoms with Crippen molar-refractivity contribution >= 4 is 28.8 Å². The first-order chi connectivity index (χ1) is 9.61. The molecular weight excluding hydrogens is 270 g/mol. The van der Waals surface area contributed by atoms with E-state index in [-0.39, 0.29) is 0 Å². The van der Waals surface area contributed by atoms with E-state index in [0.29, 0.717) is 17.2 Å². The number of nitrogens with zero attached hydrogens (tertiary/aromatic N) is 4. The van der Waals surface area contributed by atoms with Gasteiger partial charge in [0.2, 0.25) is 0 Å². The van der Waals surface area contributed by atoms with Gasteiger partial charge in [0.05, 0.1) is 11.8 Å². The van der Waals surface area contributed by atoms with Crippen LogP contribution in [0.3, 0.4) is 0 Å². The minimum Gasteiger partial charge on any atom is -0.443 e. The third-order valence-electron chi connectivity index (χ3n) is 3.10. The number of aromatic nitrogens is 3. The van der Waals surface area contributed by atoms with Gasteiger partial charge in [-0.3, -0.25) is 4.90 Å². The average molecular weight is 291 g/mol. The number of hydrogen-bond acceptors (Lipinski definition) is 5. The molecule has 0 aromatic carbocycles. The molecule has 0 unspecified atom stereocenters. The molecule has 7 heteroatoms. The minimum atomic E-state index is -0.579. The maximum Gasteiger partial charge on any atom is 0.415 e. The van der Waals surface area contributed by atoms with E-state index < -0.39 is 11.7 Å². The lowest BCUT2D eigenvalue weighted by Crippen LogP contribution is -2.34. The Morgan fingerprint density at radius 3 is 2.62 bits per heavy atom. The molecule has 114 valence electrons. The number of carbonyl (C=O) groups is 1. The predicted molar refractivity (Wildman–Crippen MR) is 82.3 cm³/mol. The Bertz CT molecular complexity index is 699. The van der Waals surface area contributed by atoms with Gasteiger partial charge >= 0.3 is 6.09 Å². The summed E-state index contributed by atoms with van der Waals surface area (Å²) in [5.41, 5.74) is 7.69. The zero-order chi connectivity index (χ0) is 15.9. The maximum absolute atomic E-state index is 12.2. The van der Waals surface area contributed by atoms with Crippen LogP contribution in [0.15, 0.2) is 6.33 Å². The lowest BCUT2D eigenvalue weighted by Gasteiger charge is -2.24. The molecule has 7 nitrogen and oxygen atoms in total. The van der Waals surface area contributed by atoms with E-state index in [2.05, 4.69) is 9.97 Å². The number of carbonyl (C=O) groups excluding carboxylic acids is 1. The van der Waals surface area contributed by atoms with E-state index >= 15 is 0 Å². The molecule has 0 spiro atoms. The van der Waals surface area contributed by atoms with Crippen LogP contribution in [0.1, 0.15) is 26.3 Å². The lowest BCUT2D eigenvalue weighted by atomic mass is 10.2. The summed E-state index contributed by atoms with van der Waals surface area (Å²) < 4.78 is 7.21. The first-order valence-electron chi connectivity index (χ1n) is 6.65. The molecule has 0 bridgehead atoms. The fourth-order valence-corrected chi connectivity index (χ4v) is 2.06. The quantitative estimate of drug-likeness (QED) is 0.870. The van der Waals surface area contributed by atoms with Crippen LogP contribution in [0, 0.1) is 6.92 Å². The molecule has 2 rings (SSSR count). The molecule has 2 heterocycles. The van der Waals surface area contributed by atoms with Crippen LogP contribution < -0.4 is 10.6 Å². The summed E-state index contributed by atoms with van der Waals surface area (Å²) in [5, 5.41) is 0. The average Bonchev–Trinajstić information content (AvgIpc) is 2.73. The third kappa shape index (κ3) is 2.76. The molecule has 0 aliphatic heterocycles. The molecule has 0 fully saturated rings. The second-order valence-electron chi connectivity index (χ2n) is 6.04. The molecular formula is C14H21N5O2. The Morgan fingerprint density at radius 2 is 2.05 bits per heavy atom. The summed E-state index contributed by atoms with van der Waals surface area (Å²) >= 11 is 0. The number of amides is 1. The Labute approximate surface area is 123 Å². The zero-order valence-electron chi connectivity index (χ0n) is 13.3. The number of imidazole rings is 1. The third-order valence-corrected chi connectivity index (χ3v) is 3.10. The number of hydrogen-bond donors (Lipinski definition) is 1. The highest BCUT2D eigenvalue weighted by atomic mass is 16.6. The van der Waals surface area contributed by atoms with Crippen LogP contribution >= 0.6 is 0 Å². The monoisotopic (exact) mass is 291 g/mol. The Kier molecular flexibility index (Phi) is 3.52. The fourth-order valence-electron chi connectivity index (χ4n) is 2.06. The number of fused-ring (bicyclic) bond motifs is 1. The van der Waals surface area contributed by atoms with Crippen molar-refractivity contribution in [2.24, 2.45) is 7.05 Å². The van der Waals surface area contributed by atoms with Crippen molar-refractivity contribution in [3.8, 4) is 0 Å². The van der Waals surface area contributed by atoms with Crippen molar-refractivity contribution in [1.29, 1.82) is 0 Å². The molecule has 0 radical (unpaired) electrons. The van der Waals surface area contributed by atoms with Gasteiger partial charge in [0, 0.05) is 19.7 Å².